The molecule has 0 aliphatic carbocycles. The number of carbonyl (C=O) groups is 2. The highest BCUT2D eigenvalue weighted by Gasteiger charge is 2.29. The first-order valence-corrected chi connectivity index (χ1v) is 6.16. The van der Waals surface area contributed by atoms with E-state index in [-0.39, 0.29) is 17.9 Å². The average Bonchev–Trinajstić information content (AvgIpc) is 2.92. The van der Waals surface area contributed by atoms with Crippen molar-refractivity contribution in [3.05, 3.63) is 18.7 Å². The summed E-state index contributed by atoms with van der Waals surface area (Å²) in [5, 5.41) is 0. The maximum atomic E-state index is 12.1. The monoisotopic (exact) mass is 251 g/mol. The lowest BCUT2D eigenvalue weighted by Crippen LogP contribution is -2.44. The fourth-order valence-electron chi connectivity index (χ4n) is 2.14. The number of aromatic nitrogens is 2. The summed E-state index contributed by atoms with van der Waals surface area (Å²) < 4.78 is 6.43. The van der Waals surface area contributed by atoms with E-state index in [1.807, 2.05) is 0 Å². The smallest absolute Gasteiger partial charge is 0.329 e. The number of amides is 1. The molecule has 0 spiro atoms. The fourth-order valence-corrected chi connectivity index (χ4v) is 2.14. The summed E-state index contributed by atoms with van der Waals surface area (Å²) in [7, 11) is 0. The highest BCUT2D eigenvalue weighted by molar-refractivity contribution is 5.78. The van der Waals surface area contributed by atoms with Crippen LogP contribution in [0, 0.1) is 5.92 Å². The Kier molecular flexibility index (Phi) is 3.96. The van der Waals surface area contributed by atoms with E-state index in [0.29, 0.717) is 19.7 Å². The van der Waals surface area contributed by atoms with Crippen LogP contribution in [0.2, 0.25) is 0 Å². The Labute approximate surface area is 106 Å². The second-order valence-corrected chi connectivity index (χ2v) is 4.29. The van der Waals surface area contributed by atoms with Gasteiger partial charge in [0.1, 0.15) is 6.33 Å². The predicted molar refractivity (Wildman–Crippen MR) is 64.0 cm³/mol. The lowest BCUT2D eigenvalue weighted by Gasteiger charge is -2.31. The van der Waals surface area contributed by atoms with Crippen molar-refractivity contribution in [2.45, 2.75) is 19.8 Å². The molecule has 1 fully saturated rings. The molecule has 1 amide bonds. The van der Waals surface area contributed by atoms with Gasteiger partial charge in [-0.25, -0.2) is 9.78 Å². The van der Waals surface area contributed by atoms with Gasteiger partial charge in [0.2, 0.25) is 0 Å². The van der Waals surface area contributed by atoms with Crippen molar-refractivity contribution in [3.8, 4) is 0 Å². The quantitative estimate of drug-likeness (QED) is 0.739. The van der Waals surface area contributed by atoms with Gasteiger partial charge in [0.25, 0.3) is 0 Å². The third kappa shape index (κ3) is 2.69. The highest BCUT2D eigenvalue weighted by Crippen LogP contribution is 2.18. The molecule has 0 aromatic carbocycles. The van der Waals surface area contributed by atoms with Crippen molar-refractivity contribution in [3.63, 3.8) is 0 Å². The first-order chi connectivity index (χ1) is 8.72. The average molecular weight is 251 g/mol. The van der Waals surface area contributed by atoms with Gasteiger partial charge in [-0.15, -0.1) is 0 Å². The summed E-state index contributed by atoms with van der Waals surface area (Å²) >= 11 is 0. The molecule has 1 aromatic rings. The molecule has 2 heterocycles. The summed E-state index contributed by atoms with van der Waals surface area (Å²) in [5.41, 5.74) is 0. The van der Waals surface area contributed by atoms with Crippen LogP contribution in [0.25, 0.3) is 0 Å². The van der Waals surface area contributed by atoms with Crippen molar-refractivity contribution < 1.29 is 14.3 Å². The van der Waals surface area contributed by atoms with Crippen molar-refractivity contribution >= 4 is 12.0 Å². The lowest BCUT2D eigenvalue weighted by atomic mass is 9.98. The molecular formula is C12H17N3O3. The van der Waals surface area contributed by atoms with E-state index in [1.165, 1.54) is 10.9 Å². The molecule has 1 saturated heterocycles. The van der Waals surface area contributed by atoms with Crippen LogP contribution in [0.5, 0.6) is 0 Å². The van der Waals surface area contributed by atoms with Crippen LogP contribution in [0.15, 0.2) is 18.7 Å². The van der Waals surface area contributed by atoms with E-state index in [4.69, 9.17) is 4.74 Å². The summed E-state index contributed by atoms with van der Waals surface area (Å²) in [6.45, 7) is 3.27. The number of hydrogen-bond donors (Lipinski definition) is 0. The number of esters is 1. The summed E-state index contributed by atoms with van der Waals surface area (Å²) in [4.78, 5) is 29.3. The van der Waals surface area contributed by atoms with Gasteiger partial charge in [0.15, 0.2) is 0 Å². The molecule has 0 bridgehead atoms. The molecule has 6 heteroatoms. The van der Waals surface area contributed by atoms with Gasteiger partial charge >= 0.3 is 12.0 Å². The molecule has 0 unspecified atom stereocenters. The largest absolute Gasteiger partial charge is 0.466 e. The number of likely N-dealkylation sites (tertiary alicyclic amines) is 1. The van der Waals surface area contributed by atoms with E-state index in [1.54, 1.807) is 24.2 Å². The van der Waals surface area contributed by atoms with Gasteiger partial charge in [-0.2, -0.15) is 0 Å². The fraction of sp³-hybridized carbons (Fsp3) is 0.583. The number of piperidine rings is 1. The van der Waals surface area contributed by atoms with Crippen molar-refractivity contribution in [2.24, 2.45) is 5.92 Å². The van der Waals surface area contributed by atoms with E-state index in [2.05, 4.69) is 4.98 Å². The Balaban J connectivity index is 1.98. The van der Waals surface area contributed by atoms with E-state index < -0.39 is 0 Å². The zero-order valence-electron chi connectivity index (χ0n) is 10.4. The Morgan fingerprint density at radius 3 is 3.00 bits per heavy atom. The van der Waals surface area contributed by atoms with Gasteiger partial charge < -0.3 is 9.64 Å². The Morgan fingerprint density at radius 1 is 1.50 bits per heavy atom. The number of carbonyl (C=O) groups excluding carboxylic acids is 2. The van der Waals surface area contributed by atoms with Gasteiger partial charge in [0, 0.05) is 25.5 Å². The number of rotatable bonds is 2. The summed E-state index contributed by atoms with van der Waals surface area (Å²) in [6.07, 6.45) is 6.24. The number of imidazole rings is 1. The van der Waals surface area contributed by atoms with Crippen molar-refractivity contribution in [1.82, 2.24) is 14.5 Å². The molecule has 1 aliphatic rings. The molecule has 0 N–H and O–H groups in total. The third-order valence-electron chi connectivity index (χ3n) is 3.04. The molecule has 2 rings (SSSR count). The zero-order chi connectivity index (χ0) is 13.0. The minimum atomic E-state index is -0.208. The standard InChI is InChI=1S/C12H17N3O3/c1-2-18-11(16)10-4-3-6-14(8-10)12(17)15-7-5-13-9-15/h5,7,9-10H,2-4,6,8H2,1H3/t10-/m1/s1. The Bertz CT molecular complexity index is 416. The van der Waals surface area contributed by atoms with Crippen LogP contribution in [-0.4, -0.2) is 46.1 Å². The first kappa shape index (κ1) is 12.6. The Hall–Kier alpha value is -1.85. The van der Waals surface area contributed by atoms with Crippen LogP contribution >= 0.6 is 0 Å². The van der Waals surface area contributed by atoms with Crippen molar-refractivity contribution in [1.29, 1.82) is 0 Å². The van der Waals surface area contributed by atoms with Crippen LogP contribution in [-0.2, 0) is 9.53 Å². The molecule has 6 nitrogen and oxygen atoms in total. The van der Waals surface area contributed by atoms with Crippen molar-refractivity contribution in [2.75, 3.05) is 19.7 Å². The number of hydrogen-bond acceptors (Lipinski definition) is 4. The zero-order valence-corrected chi connectivity index (χ0v) is 10.4. The van der Waals surface area contributed by atoms with Crippen LogP contribution in [0.4, 0.5) is 4.79 Å². The number of nitrogens with zero attached hydrogens (tertiary/aromatic N) is 3. The molecular weight excluding hydrogens is 234 g/mol. The Morgan fingerprint density at radius 2 is 2.33 bits per heavy atom. The van der Waals surface area contributed by atoms with Crippen LogP contribution < -0.4 is 0 Å². The van der Waals surface area contributed by atoms with Crippen LogP contribution in [0.1, 0.15) is 19.8 Å². The van der Waals surface area contributed by atoms with Crippen LogP contribution in [0.3, 0.4) is 0 Å². The normalized spacial score (nSPS) is 19.6. The maximum Gasteiger partial charge on any atom is 0.329 e. The predicted octanol–water partition coefficient (Wildman–Crippen LogP) is 1.13. The third-order valence-corrected chi connectivity index (χ3v) is 3.04. The van der Waals surface area contributed by atoms with Gasteiger partial charge in [-0.3, -0.25) is 9.36 Å². The van der Waals surface area contributed by atoms with Gasteiger partial charge in [-0.05, 0) is 19.8 Å². The molecule has 0 saturated carbocycles. The minimum absolute atomic E-state index is 0.138. The second-order valence-electron chi connectivity index (χ2n) is 4.29. The highest BCUT2D eigenvalue weighted by atomic mass is 16.5. The topological polar surface area (TPSA) is 64.4 Å². The summed E-state index contributed by atoms with van der Waals surface area (Å²) in [5.74, 6) is -0.410. The number of ether oxygens (including phenoxy) is 1. The molecule has 1 atom stereocenters. The molecule has 1 aromatic heterocycles. The lowest BCUT2D eigenvalue weighted by molar-refractivity contribution is -0.149. The minimum Gasteiger partial charge on any atom is -0.466 e. The molecule has 18 heavy (non-hydrogen) atoms. The van der Waals surface area contributed by atoms with E-state index >= 15 is 0 Å². The van der Waals surface area contributed by atoms with E-state index in [9.17, 15) is 9.59 Å². The SMILES string of the molecule is CCOC(=O)[C@@H]1CCCN(C(=O)n2ccnc2)C1. The van der Waals surface area contributed by atoms with Gasteiger partial charge in [0.05, 0.1) is 12.5 Å². The second kappa shape index (κ2) is 5.66. The summed E-state index contributed by atoms with van der Waals surface area (Å²) in [6, 6.07) is -0.138. The molecule has 1 aliphatic heterocycles. The molecule has 98 valence electrons. The molecule has 0 radical (unpaired) electrons. The first-order valence-electron chi connectivity index (χ1n) is 6.16. The van der Waals surface area contributed by atoms with Gasteiger partial charge in [-0.1, -0.05) is 0 Å². The van der Waals surface area contributed by atoms with E-state index in [0.717, 1.165) is 12.8 Å². The maximum absolute atomic E-state index is 12.1.